The number of sulfonamides is 1. The normalized spacial score (nSPS) is 12.0. The highest BCUT2D eigenvalue weighted by Crippen LogP contribution is 2.35. The number of nitrogens with one attached hydrogen (secondary N) is 1. The predicted octanol–water partition coefficient (Wildman–Crippen LogP) is 6.10. The van der Waals surface area contributed by atoms with Crippen LogP contribution in [0.1, 0.15) is 31.4 Å². The van der Waals surface area contributed by atoms with Crippen LogP contribution in [0.2, 0.25) is 15.1 Å². The molecule has 3 aromatic carbocycles. The predicted molar refractivity (Wildman–Crippen MR) is 163 cm³/mol. The first kappa shape index (κ1) is 32.5. The van der Waals surface area contributed by atoms with Crippen LogP contribution in [0.4, 0.5) is 5.69 Å². The lowest BCUT2D eigenvalue weighted by Crippen LogP contribution is -2.51. The number of anilines is 1. The van der Waals surface area contributed by atoms with Gasteiger partial charge in [0.15, 0.2) is 0 Å². The van der Waals surface area contributed by atoms with Gasteiger partial charge in [0.25, 0.3) is 10.0 Å². The number of nitrogens with zero attached hydrogens (tertiary/aromatic N) is 2. The number of hydrogen-bond donors (Lipinski definition) is 1. The molecule has 0 spiro atoms. The number of hydrogen-bond acceptors (Lipinski definition) is 5. The third-order valence-electron chi connectivity index (χ3n) is 6.35. The fraction of sp³-hybridized carbons (Fsp3) is 0.310. The minimum Gasteiger partial charge on any atom is -0.495 e. The number of aryl methyl sites for hydroxylation is 1. The van der Waals surface area contributed by atoms with Crippen molar-refractivity contribution in [2.24, 2.45) is 0 Å². The quantitative estimate of drug-likeness (QED) is 0.258. The van der Waals surface area contributed by atoms with Gasteiger partial charge in [0.05, 0.1) is 27.7 Å². The average molecular weight is 641 g/mol. The lowest BCUT2D eigenvalue weighted by Gasteiger charge is -2.32. The van der Waals surface area contributed by atoms with Gasteiger partial charge in [-0.15, -0.1) is 0 Å². The van der Waals surface area contributed by atoms with E-state index in [2.05, 4.69) is 5.32 Å². The van der Waals surface area contributed by atoms with E-state index in [0.717, 1.165) is 9.87 Å². The van der Waals surface area contributed by atoms with Gasteiger partial charge in [-0.3, -0.25) is 13.9 Å². The second-order valence-corrected chi connectivity index (χ2v) is 12.5. The zero-order valence-electron chi connectivity index (χ0n) is 23.2. The highest BCUT2D eigenvalue weighted by atomic mass is 35.5. The maximum atomic E-state index is 14.0. The lowest BCUT2D eigenvalue weighted by molar-refractivity contribution is -0.139. The Morgan fingerprint density at radius 1 is 0.976 bits per heavy atom. The molecule has 0 unspecified atom stereocenters. The fourth-order valence-electron chi connectivity index (χ4n) is 4.02. The topological polar surface area (TPSA) is 96.0 Å². The molecule has 3 rings (SSSR count). The minimum atomic E-state index is -4.29. The molecule has 2 amide bonds. The molecule has 1 atom stereocenters. The maximum absolute atomic E-state index is 14.0. The maximum Gasteiger partial charge on any atom is 0.264 e. The molecule has 0 aliphatic rings. The van der Waals surface area contributed by atoms with Crippen molar-refractivity contribution in [1.82, 2.24) is 10.2 Å². The number of benzene rings is 3. The van der Waals surface area contributed by atoms with Crippen molar-refractivity contribution in [3.63, 3.8) is 0 Å². The van der Waals surface area contributed by atoms with Gasteiger partial charge in [0.2, 0.25) is 11.8 Å². The Labute approximate surface area is 256 Å². The van der Waals surface area contributed by atoms with Crippen molar-refractivity contribution in [2.75, 3.05) is 24.5 Å². The number of methoxy groups -OCH3 is 1. The van der Waals surface area contributed by atoms with Crippen molar-refractivity contribution in [3.8, 4) is 5.75 Å². The van der Waals surface area contributed by atoms with E-state index in [4.69, 9.17) is 39.5 Å². The molecule has 0 fully saturated rings. The minimum absolute atomic E-state index is 0.0253. The first-order chi connectivity index (χ1) is 19.4. The summed E-state index contributed by atoms with van der Waals surface area (Å²) in [5.41, 5.74) is 1.55. The molecular formula is C29H32Cl3N3O5S. The molecule has 3 aromatic rings. The highest BCUT2D eigenvalue weighted by molar-refractivity contribution is 7.92. The summed E-state index contributed by atoms with van der Waals surface area (Å²) in [6, 6.07) is 14.7. The molecule has 0 saturated carbocycles. The molecule has 0 aliphatic heterocycles. The molecule has 8 nitrogen and oxygen atoms in total. The number of halogens is 3. The van der Waals surface area contributed by atoms with Gasteiger partial charge < -0.3 is 15.0 Å². The molecule has 1 N–H and O–H groups in total. The SMILES string of the molecule is CCCNC(=O)[C@@H](C)N(Cc1ccc(Cl)c(Cl)c1)C(=O)CN(c1cc(Cl)ccc1OC)S(=O)(=O)c1ccc(C)cc1. The summed E-state index contributed by atoms with van der Waals surface area (Å²) in [5, 5.41) is 3.67. The summed E-state index contributed by atoms with van der Waals surface area (Å²) in [6.07, 6.45) is 0.705. The number of rotatable bonds is 12. The van der Waals surface area contributed by atoms with Gasteiger partial charge in [-0.25, -0.2) is 8.42 Å². The third-order valence-corrected chi connectivity index (χ3v) is 9.10. The second kappa shape index (κ2) is 14.3. The molecule has 220 valence electrons. The van der Waals surface area contributed by atoms with Crippen molar-refractivity contribution in [2.45, 2.75) is 44.7 Å². The van der Waals surface area contributed by atoms with E-state index in [-0.39, 0.29) is 38.8 Å². The Morgan fingerprint density at radius 2 is 1.66 bits per heavy atom. The monoisotopic (exact) mass is 639 g/mol. The molecular weight excluding hydrogens is 609 g/mol. The molecule has 0 bridgehead atoms. The van der Waals surface area contributed by atoms with Gasteiger partial charge in [0, 0.05) is 18.1 Å². The van der Waals surface area contributed by atoms with Gasteiger partial charge in [-0.05, 0) is 68.3 Å². The highest BCUT2D eigenvalue weighted by Gasteiger charge is 2.34. The molecule has 0 heterocycles. The van der Waals surface area contributed by atoms with E-state index in [1.54, 1.807) is 43.3 Å². The van der Waals surface area contributed by atoms with E-state index in [9.17, 15) is 18.0 Å². The molecule has 0 saturated heterocycles. The fourth-order valence-corrected chi connectivity index (χ4v) is 5.93. The Hall–Kier alpha value is -2.98. The third kappa shape index (κ3) is 8.07. The Kier molecular flexibility index (Phi) is 11.3. The zero-order valence-corrected chi connectivity index (χ0v) is 26.2. The summed E-state index contributed by atoms with van der Waals surface area (Å²) in [6.45, 7) is 5.09. The smallest absolute Gasteiger partial charge is 0.264 e. The van der Waals surface area contributed by atoms with Gasteiger partial charge in [-0.2, -0.15) is 0 Å². The largest absolute Gasteiger partial charge is 0.495 e. The van der Waals surface area contributed by atoms with Gasteiger partial charge in [-0.1, -0.05) is 65.5 Å². The first-order valence-electron chi connectivity index (χ1n) is 12.8. The van der Waals surface area contributed by atoms with Crippen molar-refractivity contribution >= 4 is 62.3 Å². The molecule has 41 heavy (non-hydrogen) atoms. The summed E-state index contributed by atoms with van der Waals surface area (Å²) >= 11 is 18.5. The van der Waals surface area contributed by atoms with Crippen LogP contribution in [-0.4, -0.2) is 51.4 Å². The average Bonchev–Trinajstić information content (AvgIpc) is 2.94. The van der Waals surface area contributed by atoms with Gasteiger partial charge in [0.1, 0.15) is 18.3 Å². The summed E-state index contributed by atoms with van der Waals surface area (Å²) in [7, 11) is -2.90. The molecule has 0 aliphatic carbocycles. The van der Waals surface area contributed by atoms with Crippen LogP contribution in [0.3, 0.4) is 0 Å². The summed E-state index contributed by atoms with van der Waals surface area (Å²) < 4.78 is 34.4. The standard InChI is InChI=1S/C29H32Cl3N3O5S/c1-5-14-33-29(37)20(3)34(17-21-8-12-24(31)25(32)15-21)28(36)18-35(26-16-22(30)9-13-27(26)40-4)41(38,39)23-10-6-19(2)7-11-23/h6-13,15-16,20H,5,14,17-18H2,1-4H3,(H,33,37)/t20-/m1/s1. The Bertz CT molecular complexity index is 1500. The van der Waals surface area contributed by atoms with Crippen LogP contribution >= 0.6 is 34.8 Å². The van der Waals surface area contributed by atoms with Crippen LogP contribution in [-0.2, 0) is 26.2 Å². The number of ether oxygens (including phenoxy) is 1. The van der Waals surface area contributed by atoms with Crippen LogP contribution in [0.15, 0.2) is 65.6 Å². The molecule has 0 radical (unpaired) electrons. The van der Waals surface area contributed by atoms with Crippen LogP contribution in [0.25, 0.3) is 0 Å². The number of amides is 2. The van der Waals surface area contributed by atoms with E-state index in [0.29, 0.717) is 23.6 Å². The van der Waals surface area contributed by atoms with E-state index in [1.165, 1.54) is 36.3 Å². The van der Waals surface area contributed by atoms with Crippen molar-refractivity contribution in [1.29, 1.82) is 0 Å². The summed E-state index contributed by atoms with van der Waals surface area (Å²) in [5.74, 6) is -0.816. The molecule has 12 heteroatoms. The lowest BCUT2D eigenvalue weighted by atomic mass is 10.1. The first-order valence-corrected chi connectivity index (χ1v) is 15.4. The Morgan fingerprint density at radius 3 is 2.27 bits per heavy atom. The molecule has 0 aromatic heterocycles. The summed E-state index contributed by atoms with van der Waals surface area (Å²) in [4.78, 5) is 28.3. The zero-order chi connectivity index (χ0) is 30.3. The van der Waals surface area contributed by atoms with Gasteiger partial charge >= 0.3 is 0 Å². The van der Waals surface area contributed by atoms with Crippen LogP contribution in [0, 0.1) is 6.92 Å². The van der Waals surface area contributed by atoms with E-state index >= 15 is 0 Å². The second-order valence-electron chi connectivity index (χ2n) is 9.38. The van der Waals surface area contributed by atoms with E-state index < -0.39 is 28.5 Å². The van der Waals surface area contributed by atoms with Crippen LogP contribution < -0.4 is 14.4 Å². The Balaban J connectivity index is 2.10. The van der Waals surface area contributed by atoms with E-state index in [1.807, 2.05) is 13.8 Å². The number of carbonyl (C=O) groups excluding carboxylic acids is 2. The van der Waals surface area contributed by atoms with Crippen molar-refractivity contribution in [3.05, 3.63) is 86.9 Å². The van der Waals surface area contributed by atoms with Crippen molar-refractivity contribution < 1.29 is 22.7 Å². The number of carbonyl (C=O) groups is 2. The van der Waals surface area contributed by atoms with Crippen LogP contribution in [0.5, 0.6) is 5.75 Å².